The second-order valence-electron chi connectivity index (χ2n) is 4.16. The van der Waals surface area contributed by atoms with Crippen LogP contribution in [0.3, 0.4) is 0 Å². The predicted octanol–water partition coefficient (Wildman–Crippen LogP) is 2.67. The Kier molecular flexibility index (Phi) is 11.2. The Balaban J connectivity index is 0.00000211. The summed E-state index contributed by atoms with van der Waals surface area (Å²) in [7, 11) is -1.32. The lowest BCUT2D eigenvalue weighted by molar-refractivity contribution is -0.707. The second-order valence-corrected chi connectivity index (χ2v) is 4.16. The molecule has 0 amide bonds. The van der Waals surface area contributed by atoms with Gasteiger partial charge in [0.25, 0.3) is 12.5 Å². The Bertz CT molecular complexity index is 484. The molecule has 1 heterocycles. The maximum atomic E-state index is 8.47. The van der Waals surface area contributed by atoms with Crippen LogP contribution in [0.2, 0.25) is 0 Å². The van der Waals surface area contributed by atoms with Gasteiger partial charge in [-0.1, -0.05) is 19.4 Å². The van der Waals surface area contributed by atoms with E-state index in [1.807, 2.05) is 31.3 Å². The van der Waals surface area contributed by atoms with Crippen LogP contribution in [-0.4, -0.2) is 7.32 Å². The van der Waals surface area contributed by atoms with Gasteiger partial charge in [-0.3, -0.25) is 0 Å². The Hall–Kier alpha value is -2.25. The largest absolute Gasteiger partial charge is 0.809 e. The molecule has 6 nitrogen and oxygen atoms in total. The highest BCUT2D eigenvalue weighted by Crippen LogP contribution is 2.14. The van der Waals surface area contributed by atoms with E-state index < -0.39 is 7.32 Å². The molecule has 0 saturated heterocycles. The van der Waals surface area contributed by atoms with E-state index in [0.29, 0.717) is 0 Å². The van der Waals surface area contributed by atoms with Crippen LogP contribution in [0.5, 0.6) is 0 Å². The van der Waals surface area contributed by atoms with Crippen molar-refractivity contribution in [3.63, 3.8) is 0 Å². The molecule has 1 aromatic rings. The van der Waals surface area contributed by atoms with Gasteiger partial charge >= 0.3 is 7.32 Å². The Labute approximate surface area is 133 Å². The van der Waals surface area contributed by atoms with E-state index in [-0.39, 0.29) is 6.10 Å². The Morgan fingerprint density at radius 2 is 1.91 bits per heavy atom. The third-order valence-corrected chi connectivity index (χ3v) is 2.76. The van der Waals surface area contributed by atoms with Gasteiger partial charge in [0.05, 0.1) is 0 Å². The topological polar surface area (TPSA) is 79.2 Å². The average Bonchev–Trinajstić information content (AvgIpc) is 2.55. The monoisotopic (exact) mass is 303 g/mol. The van der Waals surface area contributed by atoms with E-state index in [0.717, 1.165) is 25.1 Å². The summed E-state index contributed by atoms with van der Waals surface area (Å²) in [6.07, 6.45) is 6.64. The molecule has 1 unspecified atom stereocenters. The van der Waals surface area contributed by atoms with Gasteiger partial charge in [0, 0.05) is 18.6 Å². The highest BCUT2D eigenvalue weighted by molar-refractivity contribution is 6.37. The van der Waals surface area contributed by atoms with Crippen LogP contribution in [0.4, 0.5) is 0 Å². The predicted molar refractivity (Wildman–Crippen MR) is 81.2 cm³/mol. The minimum absolute atomic E-state index is 0.375. The minimum atomic E-state index is -1.32. The van der Waals surface area contributed by atoms with Crippen LogP contribution in [0.25, 0.3) is 0 Å². The number of hydrogen-bond donors (Lipinski definition) is 0. The zero-order valence-electron chi connectivity index (χ0n) is 13.4. The van der Waals surface area contributed by atoms with Crippen LogP contribution in [0.15, 0.2) is 24.4 Å². The highest BCUT2D eigenvalue weighted by Gasteiger charge is 2.32. The van der Waals surface area contributed by atoms with Crippen LogP contribution in [0, 0.1) is 30.0 Å². The molecule has 0 aliphatic heterocycles. The molecule has 7 heteroatoms. The lowest BCUT2D eigenvalue weighted by Crippen LogP contribution is -2.40. The third-order valence-electron chi connectivity index (χ3n) is 2.76. The molecule has 118 valence electrons. The number of aryl methyl sites for hydroxylation is 1. The first-order valence-electron chi connectivity index (χ1n) is 7.17. The summed E-state index contributed by atoms with van der Waals surface area (Å²) in [6, 6.07) is 5.78. The summed E-state index contributed by atoms with van der Waals surface area (Å²) >= 11 is 0. The molecule has 1 aromatic heterocycles. The number of hydrogen-bond acceptors (Lipinski definition) is 5. The molecule has 0 fully saturated rings. The van der Waals surface area contributed by atoms with Crippen LogP contribution in [0.1, 0.15) is 45.4 Å². The first-order valence-corrected chi connectivity index (χ1v) is 7.17. The lowest BCUT2D eigenvalue weighted by atomic mass is 10.1. The molecule has 0 radical (unpaired) electrons. The first kappa shape index (κ1) is 19.8. The van der Waals surface area contributed by atoms with E-state index >= 15 is 0 Å². The molecular formula is C15H22BN3O3. The van der Waals surface area contributed by atoms with Gasteiger partial charge in [0.15, 0.2) is 6.20 Å². The zero-order valence-corrected chi connectivity index (χ0v) is 13.4. The van der Waals surface area contributed by atoms with Crippen molar-refractivity contribution in [2.45, 2.75) is 46.3 Å². The van der Waals surface area contributed by atoms with Gasteiger partial charge < -0.3 is 20.9 Å². The number of unbranched alkanes of at least 4 members (excludes halogenated alkanes) is 1. The summed E-state index contributed by atoms with van der Waals surface area (Å²) in [4.78, 5) is 0. The standard InChI is InChI=1S/C13H17BN3O3.C2H5/c1-3-4-8-17-9-6-5-7-13(17)12(2)20-14(18-10-15)19-11-16;1-2/h5-7,9,12H,3-4,8H2,1-2H3;1H2,2H3/q+1;-1. The maximum absolute atomic E-state index is 8.47. The second kappa shape index (κ2) is 12.5. The van der Waals surface area contributed by atoms with E-state index in [4.69, 9.17) is 15.2 Å². The molecule has 0 spiro atoms. The van der Waals surface area contributed by atoms with Gasteiger partial charge in [-0.05, 0) is 6.92 Å². The van der Waals surface area contributed by atoms with Crippen molar-refractivity contribution in [2.24, 2.45) is 0 Å². The van der Waals surface area contributed by atoms with Crippen LogP contribution < -0.4 is 4.57 Å². The van der Waals surface area contributed by atoms with E-state index in [2.05, 4.69) is 27.7 Å². The molecule has 1 atom stereocenters. The van der Waals surface area contributed by atoms with Crippen molar-refractivity contribution in [3.8, 4) is 12.5 Å². The van der Waals surface area contributed by atoms with E-state index in [9.17, 15) is 0 Å². The molecule has 0 N–H and O–H groups in total. The summed E-state index contributed by atoms with van der Waals surface area (Å²) in [5.74, 6) is 0. The fraction of sp³-hybridized carbons (Fsp3) is 0.467. The molecule has 0 aromatic carbocycles. The first-order chi connectivity index (χ1) is 10.7. The average molecular weight is 303 g/mol. The smallest absolute Gasteiger partial charge is 0.430 e. The normalized spacial score (nSPS) is 10.3. The minimum Gasteiger partial charge on any atom is -0.430 e. The SMILES string of the molecule is CCCC[n+]1ccccc1C(C)OB(OC#N)OC#N.[CH2-]C. The molecule has 0 aliphatic carbocycles. The molecule has 0 saturated carbocycles. The van der Waals surface area contributed by atoms with Crippen LogP contribution in [-0.2, 0) is 20.5 Å². The number of nitrogens with zero attached hydrogens (tertiary/aromatic N) is 3. The van der Waals surface area contributed by atoms with Gasteiger partial charge in [0.1, 0.15) is 12.6 Å². The fourth-order valence-electron chi connectivity index (χ4n) is 1.79. The van der Waals surface area contributed by atoms with Gasteiger partial charge in [0.2, 0.25) is 5.69 Å². The lowest BCUT2D eigenvalue weighted by Gasteiger charge is -2.13. The third kappa shape index (κ3) is 6.96. The van der Waals surface area contributed by atoms with Gasteiger partial charge in [-0.15, -0.1) is 0 Å². The van der Waals surface area contributed by atoms with Crippen molar-refractivity contribution in [2.75, 3.05) is 0 Å². The van der Waals surface area contributed by atoms with Crippen molar-refractivity contribution < 1.29 is 18.5 Å². The van der Waals surface area contributed by atoms with E-state index in [1.54, 1.807) is 6.92 Å². The quantitative estimate of drug-likeness (QED) is 0.319. The Morgan fingerprint density at radius 3 is 2.45 bits per heavy atom. The molecular weight excluding hydrogens is 281 g/mol. The van der Waals surface area contributed by atoms with E-state index in [1.165, 1.54) is 12.5 Å². The number of aromatic nitrogens is 1. The molecule has 1 rings (SSSR count). The summed E-state index contributed by atoms with van der Waals surface area (Å²) in [5, 5.41) is 16.9. The number of rotatable bonds is 8. The van der Waals surface area contributed by atoms with Crippen molar-refractivity contribution in [1.82, 2.24) is 0 Å². The summed E-state index contributed by atoms with van der Waals surface area (Å²) < 4.78 is 16.6. The van der Waals surface area contributed by atoms with Gasteiger partial charge in [-0.25, -0.2) is 4.57 Å². The molecule has 0 aliphatic rings. The summed E-state index contributed by atoms with van der Waals surface area (Å²) in [6.45, 7) is 9.82. The molecule has 22 heavy (non-hydrogen) atoms. The van der Waals surface area contributed by atoms with Crippen molar-refractivity contribution in [3.05, 3.63) is 37.0 Å². The maximum Gasteiger partial charge on any atom is 0.809 e. The fourth-order valence-corrected chi connectivity index (χ4v) is 1.79. The zero-order chi connectivity index (χ0) is 16.8. The van der Waals surface area contributed by atoms with Crippen molar-refractivity contribution in [1.29, 1.82) is 10.5 Å². The van der Waals surface area contributed by atoms with Crippen LogP contribution >= 0.6 is 0 Å². The molecule has 0 bridgehead atoms. The number of pyridine rings is 1. The Morgan fingerprint density at radius 1 is 1.27 bits per heavy atom. The van der Waals surface area contributed by atoms with Crippen molar-refractivity contribution >= 4 is 7.32 Å². The van der Waals surface area contributed by atoms with Gasteiger partial charge in [-0.2, -0.15) is 17.4 Å². The number of nitriles is 2. The highest BCUT2D eigenvalue weighted by atomic mass is 16.7. The summed E-state index contributed by atoms with van der Waals surface area (Å²) in [5.41, 5.74) is 0.925.